The van der Waals surface area contributed by atoms with Gasteiger partial charge in [0.15, 0.2) is 17.5 Å². The molecule has 0 aliphatic rings. The van der Waals surface area contributed by atoms with Crippen molar-refractivity contribution in [2.75, 3.05) is 0 Å². The van der Waals surface area contributed by atoms with Gasteiger partial charge in [-0.25, -0.2) is 15.0 Å². The molecule has 10 aromatic carbocycles. The molecule has 0 amide bonds. The molecule has 0 aliphatic carbocycles. The molecular formula is C57H35N3O. The van der Waals surface area contributed by atoms with Crippen molar-refractivity contribution in [3.8, 4) is 67.5 Å². The molecule has 0 N–H and O–H groups in total. The van der Waals surface area contributed by atoms with E-state index in [0.717, 1.165) is 71.7 Å². The standard InChI is InChI=1S/C57H35N3O/c1-3-20-46-36(12-1)14-9-23-48(46)42-17-8-19-45(35-42)56-58-55(59-57(60-56)50-25-10-15-37-13-2-4-21-47(37)50)44-18-7-16-38(34-44)39-28-29-41-33-43(31-30-40(41)32-39)49-24-11-27-53-54(49)51-22-5-6-26-52(51)61-53/h1-35H. The first kappa shape index (κ1) is 34.8. The van der Waals surface area contributed by atoms with Crippen LogP contribution in [-0.2, 0) is 0 Å². The van der Waals surface area contributed by atoms with Crippen LogP contribution >= 0.6 is 0 Å². The molecule has 4 nitrogen and oxygen atoms in total. The molecule has 0 unspecified atom stereocenters. The number of hydrogen-bond donors (Lipinski definition) is 0. The van der Waals surface area contributed by atoms with Crippen LogP contribution in [0.25, 0.3) is 122 Å². The van der Waals surface area contributed by atoms with Crippen molar-refractivity contribution in [3.63, 3.8) is 0 Å². The predicted molar refractivity (Wildman–Crippen MR) is 252 cm³/mol. The molecule has 0 spiro atoms. The van der Waals surface area contributed by atoms with Crippen molar-refractivity contribution in [1.29, 1.82) is 0 Å². The highest BCUT2D eigenvalue weighted by molar-refractivity contribution is 6.13. The monoisotopic (exact) mass is 777 g/mol. The van der Waals surface area contributed by atoms with Gasteiger partial charge in [0.1, 0.15) is 11.2 Å². The van der Waals surface area contributed by atoms with Crippen LogP contribution in [0.15, 0.2) is 217 Å². The second kappa shape index (κ2) is 14.3. The van der Waals surface area contributed by atoms with Crippen LogP contribution < -0.4 is 0 Å². The number of hydrogen-bond acceptors (Lipinski definition) is 4. The maximum absolute atomic E-state index is 6.21. The minimum absolute atomic E-state index is 0.622. The Hall–Kier alpha value is -8.21. The van der Waals surface area contributed by atoms with Crippen LogP contribution in [-0.4, -0.2) is 15.0 Å². The van der Waals surface area contributed by atoms with Gasteiger partial charge in [0.2, 0.25) is 0 Å². The third-order valence-corrected chi connectivity index (χ3v) is 11.9. The van der Waals surface area contributed by atoms with Gasteiger partial charge in [-0.3, -0.25) is 0 Å². The van der Waals surface area contributed by atoms with E-state index in [9.17, 15) is 0 Å². The SMILES string of the molecule is c1cc(-c2ccc3cc(-c4cccc5oc6ccccc6c45)ccc3c2)cc(-c2nc(-c3cccc(-c4cccc5ccccc45)c3)nc(-c3cccc4ccccc34)n2)c1. The van der Waals surface area contributed by atoms with Crippen LogP contribution in [0, 0.1) is 0 Å². The van der Waals surface area contributed by atoms with Crippen LogP contribution in [0.5, 0.6) is 0 Å². The summed E-state index contributed by atoms with van der Waals surface area (Å²) in [5, 5.41) is 9.28. The van der Waals surface area contributed by atoms with Gasteiger partial charge in [-0.05, 0) is 102 Å². The first-order chi connectivity index (χ1) is 30.2. The van der Waals surface area contributed by atoms with Crippen molar-refractivity contribution in [2.24, 2.45) is 0 Å². The fourth-order valence-electron chi connectivity index (χ4n) is 8.92. The number of nitrogens with zero attached hydrogens (tertiary/aromatic N) is 3. The molecule has 0 aliphatic heterocycles. The summed E-state index contributed by atoms with van der Waals surface area (Å²) in [6, 6.07) is 74.8. The van der Waals surface area contributed by atoms with Gasteiger partial charge >= 0.3 is 0 Å². The van der Waals surface area contributed by atoms with Gasteiger partial charge in [-0.2, -0.15) is 0 Å². The van der Waals surface area contributed by atoms with E-state index in [1.807, 2.05) is 18.2 Å². The van der Waals surface area contributed by atoms with E-state index in [2.05, 4.69) is 194 Å². The summed E-state index contributed by atoms with van der Waals surface area (Å²) in [6.07, 6.45) is 0. The highest BCUT2D eigenvalue weighted by atomic mass is 16.3. The molecule has 12 rings (SSSR count). The average molecular weight is 778 g/mol. The lowest BCUT2D eigenvalue weighted by molar-refractivity contribution is 0.669. The summed E-state index contributed by atoms with van der Waals surface area (Å²) < 4.78 is 6.21. The Kier molecular flexibility index (Phi) is 8.13. The number of para-hydroxylation sites is 1. The van der Waals surface area contributed by atoms with Crippen LogP contribution in [0.1, 0.15) is 0 Å². The molecule has 12 aromatic rings. The van der Waals surface area contributed by atoms with E-state index in [1.54, 1.807) is 0 Å². The second-order valence-corrected chi connectivity index (χ2v) is 15.6. The Morgan fingerprint density at radius 2 is 0.721 bits per heavy atom. The van der Waals surface area contributed by atoms with E-state index in [0.29, 0.717) is 17.5 Å². The lowest BCUT2D eigenvalue weighted by Crippen LogP contribution is -2.01. The van der Waals surface area contributed by atoms with Crippen LogP contribution in [0.3, 0.4) is 0 Å². The summed E-state index contributed by atoms with van der Waals surface area (Å²) in [7, 11) is 0. The number of rotatable bonds is 6. The van der Waals surface area contributed by atoms with E-state index in [4.69, 9.17) is 19.4 Å². The zero-order valence-electron chi connectivity index (χ0n) is 33.0. The van der Waals surface area contributed by atoms with Gasteiger partial charge in [0, 0.05) is 27.5 Å². The molecule has 0 atom stereocenters. The van der Waals surface area contributed by atoms with E-state index in [-0.39, 0.29) is 0 Å². The highest BCUT2D eigenvalue weighted by Gasteiger charge is 2.17. The summed E-state index contributed by atoms with van der Waals surface area (Å²) in [5.74, 6) is 1.89. The zero-order chi connectivity index (χ0) is 40.3. The maximum Gasteiger partial charge on any atom is 0.164 e. The number of fused-ring (bicyclic) bond motifs is 6. The molecule has 61 heavy (non-hydrogen) atoms. The second-order valence-electron chi connectivity index (χ2n) is 15.6. The first-order valence-electron chi connectivity index (χ1n) is 20.6. The van der Waals surface area contributed by atoms with Gasteiger partial charge in [-0.15, -0.1) is 0 Å². The Morgan fingerprint density at radius 1 is 0.262 bits per heavy atom. The van der Waals surface area contributed by atoms with Crippen molar-refractivity contribution < 1.29 is 4.42 Å². The lowest BCUT2D eigenvalue weighted by Gasteiger charge is -2.12. The Bertz CT molecular complexity index is 3670. The van der Waals surface area contributed by atoms with Gasteiger partial charge in [0.05, 0.1) is 0 Å². The summed E-state index contributed by atoms with van der Waals surface area (Å²) in [6.45, 7) is 0. The number of benzene rings is 10. The van der Waals surface area contributed by atoms with Gasteiger partial charge in [0.25, 0.3) is 0 Å². The zero-order valence-corrected chi connectivity index (χ0v) is 33.0. The van der Waals surface area contributed by atoms with E-state index in [1.165, 1.54) is 32.7 Å². The smallest absolute Gasteiger partial charge is 0.164 e. The molecule has 2 aromatic heterocycles. The Labute approximate surface area is 352 Å². The van der Waals surface area contributed by atoms with E-state index < -0.39 is 0 Å². The summed E-state index contributed by atoms with van der Waals surface area (Å²) in [5.41, 5.74) is 11.4. The Morgan fingerprint density at radius 3 is 1.48 bits per heavy atom. The largest absolute Gasteiger partial charge is 0.456 e. The predicted octanol–water partition coefficient (Wildman–Crippen LogP) is 15.2. The van der Waals surface area contributed by atoms with Gasteiger partial charge in [-0.1, -0.05) is 176 Å². The molecule has 284 valence electrons. The minimum Gasteiger partial charge on any atom is -0.456 e. The third-order valence-electron chi connectivity index (χ3n) is 11.9. The summed E-state index contributed by atoms with van der Waals surface area (Å²) in [4.78, 5) is 15.6. The topological polar surface area (TPSA) is 51.8 Å². The Balaban J connectivity index is 0.954. The molecule has 0 fully saturated rings. The number of aromatic nitrogens is 3. The lowest BCUT2D eigenvalue weighted by atomic mass is 9.95. The highest BCUT2D eigenvalue weighted by Crippen LogP contribution is 2.39. The molecule has 0 saturated heterocycles. The fourth-order valence-corrected chi connectivity index (χ4v) is 8.92. The normalized spacial score (nSPS) is 11.6. The van der Waals surface area contributed by atoms with Crippen molar-refractivity contribution >= 4 is 54.3 Å². The molecule has 0 saturated carbocycles. The average Bonchev–Trinajstić information content (AvgIpc) is 3.72. The van der Waals surface area contributed by atoms with Crippen molar-refractivity contribution in [3.05, 3.63) is 212 Å². The summed E-state index contributed by atoms with van der Waals surface area (Å²) >= 11 is 0. The molecule has 0 radical (unpaired) electrons. The fraction of sp³-hybridized carbons (Fsp3) is 0. The van der Waals surface area contributed by atoms with Gasteiger partial charge < -0.3 is 4.42 Å². The molecular weight excluding hydrogens is 743 g/mol. The first-order valence-corrected chi connectivity index (χ1v) is 20.6. The van der Waals surface area contributed by atoms with Crippen molar-refractivity contribution in [1.82, 2.24) is 15.0 Å². The molecule has 2 heterocycles. The van der Waals surface area contributed by atoms with Crippen LogP contribution in [0.2, 0.25) is 0 Å². The van der Waals surface area contributed by atoms with E-state index >= 15 is 0 Å². The molecule has 0 bridgehead atoms. The van der Waals surface area contributed by atoms with Crippen LogP contribution in [0.4, 0.5) is 0 Å². The van der Waals surface area contributed by atoms with Crippen molar-refractivity contribution in [2.45, 2.75) is 0 Å². The number of furan rings is 1. The molecule has 4 heteroatoms. The quantitative estimate of drug-likeness (QED) is 0.169. The maximum atomic E-state index is 6.21. The minimum atomic E-state index is 0.622. The third kappa shape index (κ3) is 6.12.